The van der Waals surface area contributed by atoms with E-state index in [0.29, 0.717) is 18.5 Å². The van der Waals surface area contributed by atoms with Gasteiger partial charge in [0.15, 0.2) is 0 Å². The van der Waals surface area contributed by atoms with Crippen LogP contribution in [0, 0.1) is 5.41 Å². The summed E-state index contributed by atoms with van der Waals surface area (Å²) < 4.78 is 0. The van der Waals surface area contributed by atoms with Crippen LogP contribution in [0.4, 0.5) is 0 Å². The molecular formula is C15H23NO. The molecule has 1 aliphatic rings. The van der Waals surface area contributed by atoms with Crippen LogP contribution in [-0.2, 0) is 0 Å². The zero-order valence-corrected chi connectivity index (χ0v) is 11.0. The Hall–Kier alpha value is -0.860. The average molecular weight is 233 g/mol. The van der Waals surface area contributed by atoms with Crippen molar-refractivity contribution in [3.63, 3.8) is 0 Å². The summed E-state index contributed by atoms with van der Waals surface area (Å²) in [5, 5.41) is 12.8. The summed E-state index contributed by atoms with van der Waals surface area (Å²) in [5.41, 5.74) is 1.71. The highest BCUT2D eigenvalue weighted by atomic mass is 16.3. The first-order valence-electron chi connectivity index (χ1n) is 6.48. The molecule has 0 aliphatic heterocycles. The number of nitrogens with one attached hydrogen (secondary N) is 1. The van der Waals surface area contributed by atoms with Crippen LogP contribution in [0.2, 0.25) is 0 Å². The summed E-state index contributed by atoms with van der Waals surface area (Å²) in [6.45, 7) is 7.14. The Morgan fingerprint density at radius 2 is 2.00 bits per heavy atom. The lowest BCUT2D eigenvalue weighted by Crippen LogP contribution is -2.56. The van der Waals surface area contributed by atoms with E-state index in [9.17, 15) is 5.11 Å². The molecule has 0 amide bonds. The van der Waals surface area contributed by atoms with E-state index in [1.165, 1.54) is 12.0 Å². The molecule has 2 N–H and O–H groups in total. The third-order valence-corrected chi connectivity index (χ3v) is 4.13. The van der Waals surface area contributed by atoms with Gasteiger partial charge in [-0.05, 0) is 30.2 Å². The zero-order valence-electron chi connectivity index (χ0n) is 11.0. The third-order valence-electron chi connectivity index (χ3n) is 4.13. The molecule has 3 atom stereocenters. The normalized spacial score (nSPS) is 28.5. The van der Waals surface area contributed by atoms with Gasteiger partial charge in [0.05, 0.1) is 6.10 Å². The van der Waals surface area contributed by atoms with Crippen molar-refractivity contribution in [3.8, 4) is 0 Å². The molecule has 0 saturated heterocycles. The lowest BCUT2D eigenvalue weighted by molar-refractivity contribution is 0.0579. The van der Waals surface area contributed by atoms with Crippen LogP contribution in [0.25, 0.3) is 0 Å². The molecule has 0 radical (unpaired) electrons. The highest BCUT2D eigenvalue weighted by molar-refractivity contribution is 5.27. The van der Waals surface area contributed by atoms with Gasteiger partial charge in [0.25, 0.3) is 0 Å². The Morgan fingerprint density at radius 1 is 1.35 bits per heavy atom. The first kappa shape index (κ1) is 12.6. The SMILES string of the molecule is C[C@@H](O)CN[C@H]1C[C@@H](c2ccccc2)C1(C)C. The largest absolute Gasteiger partial charge is 0.392 e. The molecule has 94 valence electrons. The van der Waals surface area contributed by atoms with E-state index >= 15 is 0 Å². The van der Waals surface area contributed by atoms with Gasteiger partial charge in [-0.1, -0.05) is 44.2 Å². The van der Waals surface area contributed by atoms with Crippen molar-refractivity contribution in [1.82, 2.24) is 5.32 Å². The second kappa shape index (κ2) is 4.79. The molecule has 1 aliphatic carbocycles. The van der Waals surface area contributed by atoms with E-state index in [1.807, 2.05) is 6.92 Å². The van der Waals surface area contributed by atoms with Gasteiger partial charge in [0.2, 0.25) is 0 Å². The van der Waals surface area contributed by atoms with Gasteiger partial charge in [-0.15, -0.1) is 0 Å². The van der Waals surface area contributed by atoms with Gasteiger partial charge in [-0.25, -0.2) is 0 Å². The molecule has 2 rings (SSSR count). The maximum atomic E-state index is 9.31. The Morgan fingerprint density at radius 3 is 2.53 bits per heavy atom. The molecule has 1 fully saturated rings. The van der Waals surface area contributed by atoms with Gasteiger partial charge < -0.3 is 10.4 Å². The number of benzene rings is 1. The molecular weight excluding hydrogens is 210 g/mol. The van der Waals surface area contributed by atoms with Crippen molar-refractivity contribution in [2.45, 2.75) is 45.3 Å². The summed E-state index contributed by atoms with van der Waals surface area (Å²) in [7, 11) is 0. The first-order chi connectivity index (χ1) is 8.01. The fraction of sp³-hybridized carbons (Fsp3) is 0.600. The van der Waals surface area contributed by atoms with Crippen molar-refractivity contribution >= 4 is 0 Å². The lowest BCUT2D eigenvalue weighted by atomic mass is 9.56. The van der Waals surface area contributed by atoms with Crippen LogP contribution >= 0.6 is 0 Å². The molecule has 2 nitrogen and oxygen atoms in total. The van der Waals surface area contributed by atoms with E-state index in [-0.39, 0.29) is 11.5 Å². The van der Waals surface area contributed by atoms with E-state index in [2.05, 4.69) is 49.5 Å². The van der Waals surface area contributed by atoms with E-state index in [1.54, 1.807) is 0 Å². The zero-order chi connectivity index (χ0) is 12.5. The Balaban J connectivity index is 1.98. The quantitative estimate of drug-likeness (QED) is 0.837. The molecule has 1 saturated carbocycles. The smallest absolute Gasteiger partial charge is 0.0636 e. The fourth-order valence-electron chi connectivity index (χ4n) is 2.84. The van der Waals surface area contributed by atoms with Crippen molar-refractivity contribution in [1.29, 1.82) is 0 Å². The third kappa shape index (κ3) is 2.53. The number of hydrogen-bond acceptors (Lipinski definition) is 2. The monoisotopic (exact) mass is 233 g/mol. The van der Waals surface area contributed by atoms with Crippen LogP contribution in [-0.4, -0.2) is 23.8 Å². The number of hydrogen-bond donors (Lipinski definition) is 2. The number of aliphatic hydroxyl groups excluding tert-OH is 1. The molecule has 1 aromatic rings. The maximum Gasteiger partial charge on any atom is 0.0636 e. The maximum absolute atomic E-state index is 9.31. The number of aliphatic hydroxyl groups is 1. The molecule has 0 bridgehead atoms. The number of rotatable bonds is 4. The van der Waals surface area contributed by atoms with Crippen LogP contribution in [0.15, 0.2) is 30.3 Å². The standard InChI is InChI=1S/C15H23NO/c1-11(17)10-16-14-9-13(15(14,2)3)12-7-5-4-6-8-12/h4-8,11,13-14,16-17H,9-10H2,1-3H3/t11-,13+,14+/m1/s1. The van der Waals surface area contributed by atoms with Crippen molar-refractivity contribution < 1.29 is 5.11 Å². The molecule has 1 aromatic carbocycles. The molecule has 17 heavy (non-hydrogen) atoms. The van der Waals surface area contributed by atoms with Gasteiger partial charge in [-0.2, -0.15) is 0 Å². The van der Waals surface area contributed by atoms with Crippen LogP contribution in [0.1, 0.15) is 38.7 Å². The predicted octanol–water partition coefficient (Wildman–Crippen LogP) is 2.54. The van der Waals surface area contributed by atoms with Gasteiger partial charge >= 0.3 is 0 Å². The summed E-state index contributed by atoms with van der Waals surface area (Å²) in [6, 6.07) is 11.2. The minimum atomic E-state index is -0.262. The average Bonchev–Trinajstić information content (AvgIpc) is 2.28. The molecule has 0 unspecified atom stereocenters. The minimum Gasteiger partial charge on any atom is -0.392 e. The molecule has 0 aromatic heterocycles. The van der Waals surface area contributed by atoms with Crippen molar-refractivity contribution in [2.75, 3.05) is 6.54 Å². The minimum absolute atomic E-state index is 0.262. The van der Waals surface area contributed by atoms with E-state index < -0.39 is 0 Å². The summed E-state index contributed by atoms with van der Waals surface area (Å²) in [5.74, 6) is 0.634. The summed E-state index contributed by atoms with van der Waals surface area (Å²) >= 11 is 0. The van der Waals surface area contributed by atoms with Crippen LogP contribution < -0.4 is 5.32 Å². The van der Waals surface area contributed by atoms with Crippen molar-refractivity contribution in [3.05, 3.63) is 35.9 Å². The van der Waals surface area contributed by atoms with Gasteiger partial charge in [-0.3, -0.25) is 0 Å². The predicted molar refractivity (Wildman–Crippen MR) is 71.1 cm³/mol. The summed E-state index contributed by atoms with van der Waals surface area (Å²) in [6.07, 6.45) is 0.908. The fourth-order valence-corrected chi connectivity index (χ4v) is 2.84. The Bertz CT molecular complexity index is 358. The molecule has 2 heteroatoms. The van der Waals surface area contributed by atoms with Gasteiger partial charge in [0, 0.05) is 12.6 Å². The molecule has 0 spiro atoms. The van der Waals surface area contributed by atoms with Crippen LogP contribution in [0.3, 0.4) is 0 Å². The second-order valence-electron chi connectivity index (χ2n) is 5.83. The topological polar surface area (TPSA) is 32.3 Å². The Kier molecular flexibility index (Phi) is 3.55. The van der Waals surface area contributed by atoms with Crippen molar-refractivity contribution in [2.24, 2.45) is 5.41 Å². The Labute approximate surface area is 104 Å². The highest BCUT2D eigenvalue weighted by Gasteiger charge is 2.48. The van der Waals surface area contributed by atoms with Gasteiger partial charge in [0.1, 0.15) is 0 Å². The first-order valence-corrected chi connectivity index (χ1v) is 6.48. The molecule has 0 heterocycles. The van der Waals surface area contributed by atoms with Crippen LogP contribution in [0.5, 0.6) is 0 Å². The van der Waals surface area contributed by atoms with E-state index in [4.69, 9.17) is 0 Å². The van der Waals surface area contributed by atoms with E-state index in [0.717, 1.165) is 0 Å². The second-order valence-corrected chi connectivity index (χ2v) is 5.83. The lowest BCUT2D eigenvalue weighted by Gasteiger charge is -2.53. The highest BCUT2D eigenvalue weighted by Crippen LogP contribution is 2.52. The summed E-state index contributed by atoms with van der Waals surface area (Å²) in [4.78, 5) is 0.